The Hall–Kier alpha value is -2.14. The highest BCUT2D eigenvalue weighted by Gasteiger charge is 2.06. The van der Waals surface area contributed by atoms with Crippen LogP contribution >= 0.6 is 0 Å². The van der Waals surface area contributed by atoms with Gasteiger partial charge in [-0.3, -0.25) is 9.59 Å². The number of nitrogens with one attached hydrogen (secondary N) is 2. The van der Waals surface area contributed by atoms with Crippen molar-refractivity contribution in [2.75, 3.05) is 31.5 Å². The molecular weight excluding hydrogens is 266 g/mol. The van der Waals surface area contributed by atoms with E-state index in [1.54, 1.807) is 24.3 Å². The van der Waals surface area contributed by atoms with Crippen LogP contribution in [0.15, 0.2) is 36.9 Å². The molecule has 2 N–H and O–H groups in total. The molecule has 0 heterocycles. The molecule has 0 saturated carbocycles. The van der Waals surface area contributed by atoms with Crippen LogP contribution in [0.25, 0.3) is 0 Å². The molecule has 5 heteroatoms. The van der Waals surface area contributed by atoms with Crippen LogP contribution < -0.4 is 10.6 Å². The van der Waals surface area contributed by atoms with Gasteiger partial charge in [0.05, 0.1) is 0 Å². The lowest BCUT2D eigenvalue weighted by Crippen LogP contribution is -2.34. The van der Waals surface area contributed by atoms with Gasteiger partial charge in [0.25, 0.3) is 5.91 Å². The lowest BCUT2D eigenvalue weighted by Gasteiger charge is -2.17. The van der Waals surface area contributed by atoms with Gasteiger partial charge in [0, 0.05) is 24.3 Å². The molecule has 1 rings (SSSR count). The molecular formula is C16H23N3O2. The van der Waals surface area contributed by atoms with E-state index >= 15 is 0 Å². The fourth-order valence-electron chi connectivity index (χ4n) is 1.87. The molecule has 2 amide bonds. The third-order valence-corrected chi connectivity index (χ3v) is 3.21. The standard InChI is InChI=1S/C16H23N3O2/c1-4-15(20)18-14-9-7-13(8-10-14)16(21)17-11-12-19(5-2)6-3/h4,7-10H,1,5-6,11-12H2,2-3H3,(H,17,21)(H,18,20). The first-order chi connectivity index (χ1) is 10.1. The van der Waals surface area contributed by atoms with Gasteiger partial charge < -0.3 is 15.5 Å². The fraction of sp³-hybridized carbons (Fsp3) is 0.375. The number of benzene rings is 1. The molecule has 1 aromatic carbocycles. The number of likely N-dealkylation sites (N-methyl/N-ethyl adjacent to an activating group) is 1. The van der Waals surface area contributed by atoms with Crippen molar-refractivity contribution < 1.29 is 9.59 Å². The van der Waals surface area contributed by atoms with Crippen LogP contribution in [0, 0.1) is 0 Å². The van der Waals surface area contributed by atoms with E-state index in [2.05, 4.69) is 36.0 Å². The highest BCUT2D eigenvalue weighted by Crippen LogP contribution is 2.09. The molecule has 21 heavy (non-hydrogen) atoms. The molecule has 0 atom stereocenters. The Morgan fingerprint density at radius 1 is 1.19 bits per heavy atom. The first kappa shape index (κ1) is 16.9. The van der Waals surface area contributed by atoms with Gasteiger partial charge in [-0.25, -0.2) is 0 Å². The van der Waals surface area contributed by atoms with E-state index in [0.717, 1.165) is 19.6 Å². The Balaban J connectivity index is 2.47. The number of hydrogen-bond donors (Lipinski definition) is 2. The van der Waals surface area contributed by atoms with Crippen LogP contribution in [0.1, 0.15) is 24.2 Å². The molecule has 0 aromatic heterocycles. The Morgan fingerprint density at radius 2 is 1.81 bits per heavy atom. The molecule has 5 nitrogen and oxygen atoms in total. The normalized spacial score (nSPS) is 10.2. The molecule has 0 spiro atoms. The lowest BCUT2D eigenvalue weighted by atomic mass is 10.2. The zero-order chi connectivity index (χ0) is 15.7. The molecule has 0 unspecified atom stereocenters. The minimum atomic E-state index is -0.272. The van der Waals surface area contributed by atoms with E-state index in [9.17, 15) is 9.59 Å². The molecule has 0 bridgehead atoms. The average molecular weight is 289 g/mol. The molecule has 0 aliphatic rings. The molecule has 0 aliphatic carbocycles. The second-order valence-corrected chi connectivity index (χ2v) is 4.55. The minimum Gasteiger partial charge on any atom is -0.351 e. The van der Waals surface area contributed by atoms with Crippen molar-refractivity contribution in [1.82, 2.24) is 10.2 Å². The maximum atomic E-state index is 12.0. The summed E-state index contributed by atoms with van der Waals surface area (Å²) in [5.41, 5.74) is 1.21. The maximum Gasteiger partial charge on any atom is 0.251 e. The highest BCUT2D eigenvalue weighted by molar-refractivity contribution is 5.99. The van der Waals surface area contributed by atoms with Crippen molar-refractivity contribution in [1.29, 1.82) is 0 Å². The number of hydrogen-bond acceptors (Lipinski definition) is 3. The summed E-state index contributed by atoms with van der Waals surface area (Å²) in [6, 6.07) is 6.76. The Kier molecular flexibility index (Phi) is 7.18. The first-order valence-electron chi connectivity index (χ1n) is 7.14. The van der Waals surface area contributed by atoms with Crippen LogP contribution in [0.4, 0.5) is 5.69 Å². The topological polar surface area (TPSA) is 61.4 Å². The van der Waals surface area contributed by atoms with Crippen LogP contribution in [-0.4, -0.2) is 42.9 Å². The molecule has 114 valence electrons. The van der Waals surface area contributed by atoms with Gasteiger partial charge in [-0.15, -0.1) is 0 Å². The Morgan fingerprint density at radius 3 is 2.33 bits per heavy atom. The van der Waals surface area contributed by atoms with E-state index in [0.29, 0.717) is 17.8 Å². The number of nitrogens with zero attached hydrogens (tertiary/aromatic N) is 1. The van der Waals surface area contributed by atoms with E-state index in [-0.39, 0.29) is 11.8 Å². The van der Waals surface area contributed by atoms with Crippen LogP contribution in [0.2, 0.25) is 0 Å². The van der Waals surface area contributed by atoms with Crippen molar-refractivity contribution in [2.45, 2.75) is 13.8 Å². The van der Waals surface area contributed by atoms with Gasteiger partial charge in [0.1, 0.15) is 0 Å². The summed E-state index contributed by atoms with van der Waals surface area (Å²) >= 11 is 0. The fourth-order valence-corrected chi connectivity index (χ4v) is 1.87. The molecule has 0 radical (unpaired) electrons. The summed E-state index contributed by atoms with van der Waals surface area (Å²) < 4.78 is 0. The third kappa shape index (κ3) is 5.79. The van der Waals surface area contributed by atoms with Gasteiger partial charge in [-0.05, 0) is 43.4 Å². The third-order valence-electron chi connectivity index (χ3n) is 3.21. The molecule has 0 aliphatic heterocycles. The van der Waals surface area contributed by atoms with Crippen LogP contribution in [-0.2, 0) is 4.79 Å². The number of carbonyl (C=O) groups excluding carboxylic acids is 2. The highest BCUT2D eigenvalue weighted by atomic mass is 16.2. The summed E-state index contributed by atoms with van der Waals surface area (Å²) in [5, 5.41) is 5.52. The summed E-state index contributed by atoms with van der Waals surface area (Å²) in [6.07, 6.45) is 1.20. The second-order valence-electron chi connectivity index (χ2n) is 4.55. The number of anilines is 1. The number of amides is 2. The van der Waals surface area contributed by atoms with E-state index in [1.165, 1.54) is 6.08 Å². The number of carbonyl (C=O) groups is 2. The first-order valence-corrected chi connectivity index (χ1v) is 7.14. The summed E-state index contributed by atoms with van der Waals surface area (Å²) in [5.74, 6) is -0.379. The average Bonchev–Trinajstić information content (AvgIpc) is 2.52. The summed E-state index contributed by atoms with van der Waals surface area (Å²) in [6.45, 7) is 11.0. The second kappa shape index (κ2) is 8.92. The van der Waals surface area contributed by atoms with Gasteiger partial charge in [-0.2, -0.15) is 0 Å². The monoisotopic (exact) mass is 289 g/mol. The van der Waals surface area contributed by atoms with E-state index in [1.807, 2.05) is 0 Å². The Labute approximate surface area is 126 Å². The zero-order valence-electron chi connectivity index (χ0n) is 12.7. The van der Waals surface area contributed by atoms with E-state index < -0.39 is 0 Å². The zero-order valence-corrected chi connectivity index (χ0v) is 12.7. The summed E-state index contributed by atoms with van der Waals surface area (Å²) in [7, 11) is 0. The lowest BCUT2D eigenvalue weighted by molar-refractivity contribution is -0.111. The van der Waals surface area contributed by atoms with Crippen molar-refractivity contribution >= 4 is 17.5 Å². The molecule has 0 fully saturated rings. The Bertz CT molecular complexity index is 479. The van der Waals surface area contributed by atoms with Crippen molar-refractivity contribution in [3.63, 3.8) is 0 Å². The van der Waals surface area contributed by atoms with Gasteiger partial charge in [0.2, 0.25) is 5.91 Å². The minimum absolute atomic E-state index is 0.108. The van der Waals surface area contributed by atoms with Gasteiger partial charge in [0.15, 0.2) is 0 Å². The quantitative estimate of drug-likeness (QED) is 0.718. The molecule has 0 saturated heterocycles. The van der Waals surface area contributed by atoms with E-state index in [4.69, 9.17) is 0 Å². The van der Waals surface area contributed by atoms with Crippen molar-refractivity contribution in [3.8, 4) is 0 Å². The van der Waals surface area contributed by atoms with Crippen LogP contribution in [0.3, 0.4) is 0 Å². The van der Waals surface area contributed by atoms with Gasteiger partial charge in [-0.1, -0.05) is 20.4 Å². The number of rotatable bonds is 8. The van der Waals surface area contributed by atoms with Crippen molar-refractivity contribution in [3.05, 3.63) is 42.5 Å². The maximum absolute atomic E-state index is 12.0. The van der Waals surface area contributed by atoms with Crippen molar-refractivity contribution in [2.24, 2.45) is 0 Å². The summed E-state index contributed by atoms with van der Waals surface area (Å²) in [4.78, 5) is 25.4. The molecule has 1 aromatic rings. The SMILES string of the molecule is C=CC(=O)Nc1ccc(C(=O)NCCN(CC)CC)cc1. The predicted molar refractivity (Wildman–Crippen MR) is 85.4 cm³/mol. The van der Waals surface area contributed by atoms with Gasteiger partial charge >= 0.3 is 0 Å². The predicted octanol–water partition coefficient (Wildman–Crippen LogP) is 1.88. The van der Waals surface area contributed by atoms with Crippen LogP contribution in [0.5, 0.6) is 0 Å². The largest absolute Gasteiger partial charge is 0.351 e. The smallest absolute Gasteiger partial charge is 0.251 e.